The highest BCUT2D eigenvalue weighted by atomic mass is 35.5. The number of ether oxygens (including phenoxy) is 1. The predicted molar refractivity (Wildman–Crippen MR) is 75.3 cm³/mol. The van der Waals surface area contributed by atoms with Gasteiger partial charge in [0.25, 0.3) is 0 Å². The van der Waals surface area contributed by atoms with Gasteiger partial charge in [-0.1, -0.05) is 29.8 Å². The Hall–Kier alpha value is -1.72. The standard InChI is InChI=1S/C15H13ClF3NO/c16-12-6-4-10(5-7-12)14(20)9-21-13-3-1-2-11(8-13)15(17,18)19/h1-8,14H,9,20H2. The summed E-state index contributed by atoms with van der Waals surface area (Å²) in [4.78, 5) is 0. The first-order chi connectivity index (χ1) is 9.86. The molecule has 2 N–H and O–H groups in total. The molecule has 0 spiro atoms. The first-order valence-corrected chi connectivity index (χ1v) is 6.55. The second-order valence-corrected chi connectivity index (χ2v) is 4.93. The van der Waals surface area contributed by atoms with Crippen molar-refractivity contribution in [2.45, 2.75) is 12.2 Å². The van der Waals surface area contributed by atoms with Crippen molar-refractivity contribution in [3.05, 3.63) is 64.7 Å². The third kappa shape index (κ3) is 4.37. The minimum atomic E-state index is -4.39. The fourth-order valence-corrected chi connectivity index (χ4v) is 1.88. The molecule has 0 saturated carbocycles. The highest BCUT2D eigenvalue weighted by Gasteiger charge is 2.30. The summed E-state index contributed by atoms with van der Waals surface area (Å²) in [5.74, 6) is 0.134. The normalized spacial score (nSPS) is 13.0. The summed E-state index contributed by atoms with van der Waals surface area (Å²) in [5.41, 5.74) is 5.97. The third-order valence-electron chi connectivity index (χ3n) is 2.89. The van der Waals surface area contributed by atoms with Crippen LogP contribution in [0.1, 0.15) is 17.2 Å². The fourth-order valence-electron chi connectivity index (χ4n) is 1.75. The van der Waals surface area contributed by atoms with E-state index < -0.39 is 17.8 Å². The van der Waals surface area contributed by atoms with Gasteiger partial charge < -0.3 is 10.5 Å². The van der Waals surface area contributed by atoms with E-state index in [2.05, 4.69) is 0 Å². The summed E-state index contributed by atoms with van der Waals surface area (Å²) in [5, 5.41) is 0.588. The molecule has 2 rings (SSSR count). The molecule has 2 nitrogen and oxygen atoms in total. The van der Waals surface area contributed by atoms with Gasteiger partial charge in [-0.3, -0.25) is 0 Å². The zero-order valence-electron chi connectivity index (χ0n) is 10.9. The molecular formula is C15H13ClF3NO. The summed E-state index contributed by atoms with van der Waals surface area (Å²) in [6.07, 6.45) is -4.39. The van der Waals surface area contributed by atoms with Gasteiger partial charge in [0.05, 0.1) is 11.6 Å². The molecule has 0 aliphatic carbocycles. The summed E-state index contributed by atoms with van der Waals surface area (Å²) >= 11 is 5.77. The number of halogens is 4. The first-order valence-electron chi connectivity index (χ1n) is 6.17. The Kier molecular flexibility index (Phi) is 4.75. The van der Waals surface area contributed by atoms with Gasteiger partial charge in [0.1, 0.15) is 12.4 Å². The van der Waals surface area contributed by atoms with Crippen LogP contribution in [0.4, 0.5) is 13.2 Å². The van der Waals surface area contributed by atoms with Crippen LogP contribution in [-0.4, -0.2) is 6.61 Å². The van der Waals surface area contributed by atoms with Gasteiger partial charge in [-0.25, -0.2) is 0 Å². The Morgan fingerprint density at radius 2 is 1.76 bits per heavy atom. The van der Waals surface area contributed by atoms with Crippen molar-refractivity contribution >= 4 is 11.6 Å². The van der Waals surface area contributed by atoms with Gasteiger partial charge in [0, 0.05) is 5.02 Å². The second kappa shape index (κ2) is 6.37. The second-order valence-electron chi connectivity index (χ2n) is 4.49. The molecule has 0 aliphatic heterocycles. The van der Waals surface area contributed by atoms with Crippen molar-refractivity contribution in [3.8, 4) is 5.75 Å². The number of alkyl halides is 3. The Balaban J connectivity index is 2.01. The average molecular weight is 316 g/mol. The third-order valence-corrected chi connectivity index (χ3v) is 3.14. The summed E-state index contributed by atoms with van der Waals surface area (Å²) < 4.78 is 43.1. The maximum absolute atomic E-state index is 12.6. The van der Waals surface area contributed by atoms with Gasteiger partial charge in [-0.15, -0.1) is 0 Å². The minimum Gasteiger partial charge on any atom is -0.492 e. The van der Waals surface area contributed by atoms with E-state index in [1.165, 1.54) is 12.1 Å². The zero-order chi connectivity index (χ0) is 15.5. The van der Waals surface area contributed by atoms with Crippen LogP contribution in [0, 0.1) is 0 Å². The van der Waals surface area contributed by atoms with Gasteiger partial charge in [0.15, 0.2) is 0 Å². The lowest BCUT2D eigenvalue weighted by molar-refractivity contribution is -0.137. The van der Waals surface area contributed by atoms with Crippen molar-refractivity contribution in [2.24, 2.45) is 5.73 Å². The molecular weight excluding hydrogens is 303 g/mol. The van der Waals surface area contributed by atoms with Crippen molar-refractivity contribution in [2.75, 3.05) is 6.61 Å². The van der Waals surface area contributed by atoms with E-state index in [0.717, 1.165) is 17.7 Å². The summed E-state index contributed by atoms with van der Waals surface area (Å²) in [7, 11) is 0. The molecule has 21 heavy (non-hydrogen) atoms. The topological polar surface area (TPSA) is 35.2 Å². The van der Waals surface area contributed by atoms with Crippen LogP contribution in [0.15, 0.2) is 48.5 Å². The number of nitrogens with two attached hydrogens (primary N) is 1. The molecule has 0 radical (unpaired) electrons. The number of rotatable bonds is 4. The molecule has 0 aromatic heterocycles. The molecule has 2 aromatic carbocycles. The molecule has 0 fully saturated rings. The summed E-state index contributed by atoms with van der Waals surface area (Å²) in [6.45, 7) is 0.0724. The van der Waals surface area contributed by atoms with Crippen molar-refractivity contribution in [1.82, 2.24) is 0 Å². The van der Waals surface area contributed by atoms with E-state index >= 15 is 0 Å². The number of hydrogen-bond acceptors (Lipinski definition) is 2. The summed E-state index contributed by atoms with van der Waals surface area (Å²) in [6, 6.07) is 11.2. The van der Waals surface area contributed by atoms with Gasteiger partial charge in [0.2, 0.25) is 0 Å². The molecule has 0 aliphatic rings. The van der Waals surface area contributed by atoms with E-state index in [0.29, 0.717) is 5.02 Å². The van der Waals surface area contributed by atoms with Crippen LogP contribution >= 0.6 is 11.6 Å². The first kappa shape index (κ1) is 15.7. The predicted octanol–water partition coefficient (Wildman–Crippen LogP) is 4.44. The lowest BCUT2D eigenvalue weighted by Gasteiger charge is -2.15. The van der Waals surface area contributed by atoms with Crippen LogP contribution in [0.5, 0.6) is 5.75 Å². The Morgan fingerprint density at radius 3 is 2.38 bits per heavy atom. The maximum atomic E-state index is 12.6. The molecule has 0 bridgehead atoms. The van der Waals surface area contributed by atoms with Crippen LogP contribution in [0.25, 0.3) is 0 Å². The highest BCUT2D eigenvalue weighted by Crippen LogP contribution is 2.31. The van der Waals surface area contributed by atoms with Gasteiger partial charge in [-0.05, 0) is 35.9 Å². The maximum Gasteiger partial charge on any atom is 0.416 e. The van der Waals surface area contributed by atoms with E-state index in [1.54, 1.807) is 24.3 Å². The lowest BCUT2D eigenvalue weighted by atomic mass is 10.1. The quantitative estimate of drug-likeness (QED) is 0.905. The SMILES string of the molecule is NC(COc1cccc(C(F)(F)F)c1)c1ccc(Cl)cc1. The average Bonchev–Trinajstić information content (AvgIpc) is 2.45. The van der Waals surface area contributed by atoms with Crippen molar-refractivity contribution in [3.63, 3.8) is 0 Å². The Morgan fingerprint density at radius 1 is 1.10 bits per heavy atom. The van der Waals surface area contributed by atoms with E-state index in [1.807, 2.05) is 0 Å². The van der Waals surface area contributed by atoms with Gasteiger partial charge in [-0.2, -0.15) is 13.2 Å². The Labute approximate surface area is 125 Å². The molecule has 1 atom stereocenters. The fraction of sp³-hybridized carbons (Fsp3) is 0.200. The molecule has 112 valence electrons. The van der Waals surface area contributed by atoms with E-state index in [4.69, 9.17) is 22.1 Å². The molecule has 0 saturated heterocycles. The van der Waals surface area contributed by atoms with Crippen LogP contribution in [0.2, 0.25) is 5.02 Å². The van der Waals surface area contributed by atoms with Crippen LogP contribution < -0.4 is 10.5 Å². The Bertz CT molecular complexity index is 599. The van der Waals surface area contributed by atoms with Crippen molar-refractivity contribution < 1.29 is 17.9 Å². The highest BCUT2D eigenvalue weighted by molar-refractivity contribution is 6.30. The number of hydrogen-bond donors (Lipinski definition) is 1. The smallest absolute Gasteiger partial charge is 0.416 e. The zero-order valence-corrected chi connectivity index (χ0v) is 11.7. The number of benzene rings is 2. The van der Waals surface area contributed by atoms with Gasteiger partial charge >= 0.3 is 6.18 Å². The minimum absolute atomic E-state index is 0.0724. The molecule has 0 amide bonds. The van der Waals surface area contributed by atoms with E-state index in [9.17, 15) is 13.2 Å². The lowest BCUT2D eigenvalue weighted by Crippen LogP contribution is -2.19. The van der Waals surface area contributed by atoms with Crippen LogP contribution in [0.3, 0.4) is 0 Å². The monoisotopic (exact) mass is 315 g/mol. The molecule has 2 aromatic rings. The molecule has 0 heterocycles. The van der Waals surface area contributed by atoms with Crippen LogP contribution in [-0.2, 0) is 6.18 Å². The molecule has 1 unspecified atom stereocenters. The molecule has 6 heteroatoms. The largest absolute Gasteiger partial charge is 0.492 e. The van der Waals surface area contributed by atoms with Crippen molar-refractivity contribution in [1.29, 1.82) is 0 Å². The van der Waals surface area contributed by atoms with E-state index in [-0.39, 0.29) is 12.4 Å².